The highest BCUT2D eigenvalue weighted by Gasteiger charge is 2.20. The molecule has 6 nitrogen and oxygen atoms in total. The minimum Gasteiger partial charge on any atom is -0.497 e. The molecule has 3 aromatic rings. The first-order valence-electron chi connectivity index (χ1n) is 8.78. The molecule has 0 saturated heterocycles. The molecule has 0 saturated carbocycles. The van der Waals surface area contributed by atoms with Gasteiger partial charge in [-0.3, -0.25) is 4.79 Å². The van der Waals surface area contributed by atoms with Crippen LogP contribution in [0, 0.1) is 6.92 Å². The molecule has 0 radical (unpaired) electrons. The third-order valence-electron chi connectivity index (χ3n) is 4.33. The average Bonchev–Trinajstić information content (AvgIpc) is 2.99. The number of carbonyl (C=O) groups is 1. The van der Waals surface area contributed by atoms with Crippen LogP contribution in [0.15, 0.2) is 48.5 Å². The Hall–Kier alpha value is -2.99. The molecule has 0 aliphatic rings. The zero-order valence-corrected chi connectivity index (χ0v) is 16.8. The van der Waals surface area contributed by atoms with E-state index in [-0.39, 0.29) is 5.91 Å². The Bertz CT molecular complexity index is 948. The molecule has 146 valence electrons. The Morgan fingerprint density at radius 1 is 1.07 bits per heavy atom. The van der Waals surface area contributed by atoms with E-state index in [0.29, 0.717) is 41.0 Å². The molecule has 1 amide bonds. The van der Waals surface area contributed by atoms with E-state index in [1.807, 2.05) is 42.5 Å². The molecule has 1 heterocycles. The Balaban J connectivity index is 1.74. The van der Waals surface area contributed by atoms with Gasteiger partial charge in [0.05, 0.1) is 32.0 Å². The van der Waals surface area contributed by atoms with Crippen LogP contribution in [0.4, 0.5) is 0 Å². The third-order valence-corrected chi connectivity index (χ3v) is 4.72. The number of ether oxygens (including phenoxy) is 2. The van der Waals surface area contributed by atoms with Crippen molar-refractivity contribution in [3.8, 4) is 11.5 Å². The van der Waals surface area contributed by atoms with Crippen molar-refractivity contribution in [3.05, 3.63) is 76.1 Å². The number of rotatable bonds is 7. The minimum atomic E-state index is -0.274. The molecule has 28 heavy (non-hydrogen) atoms. The maximum atomic E-state index is 12.7. The van der Waals surface area contributed by atoms with Crippen LogP contribution in [0.3, 0.4) is 0 Å². The van der Waals surface area contributed by atoms with Gasteiger partial charge in [0, 0.05) is 12.6 Å². The second-order valence-corrected chi connectivity index (χ2v) is 6.66. The van der Waals surface area contributed by atoms with Crippen LogP contribution in [0.1, 0.15) is 27.2 Å². The lowest BCUT2D eigenvalue weighted by atomic mass is 10.2. The Labute approximate surface area is 169 Å². The van der Waals surface area contributed by atoms with E-state index in [1.54, 1.807) is 31.9 Å². The summed E-state index contributed by atoms with van der Waals surface area (Å²) in [5, 5.41) is 7.63. The molecule has 0 aliphatic carbocycles. The van der Waals surface area contributed by atoms with Crippen molar-refractivity contribution in [2.45, 2.75) is 20.0 Å². The van der Waals surface area contributed by atoms with Gasteiger partial charge in [0.15, 0.2) is 0 Å². The first-order chi connectivity index (χ1) is 13.5. The molecule has 0 fully saturated rings. The van der Waals surface area contributed by atoms with Crippen LogP contribution in [-0.4, -0.2) is 29.9 Å². The Kier molecular flexibility index (Phi) is 6.21. The van der Waals surface area contributed by atoms with Gasteiger partial charge >= 0.3 is 0 Å². The van der Waals surface area contributed by atoms with Crippen molar-refractivity contribution in [3.63, 3.8) is 0 Å². The zero-order valence-electron chi connectivity index (χ0n) is 16.0. The molecule has 0 spiro atoms. The van der Waals surface area contributed by atoms with E-state index in [2.05, 4.69) is 10.4 Å². The van der Waals surface area contributed by atoms with Crippen LogP contribution in [0.5, 0.6) is 11.5 Å². The fourth-order valence-corrected chi connectivity index (χ4v) is 3.23. The predicted octanol–water partition coefficient (Wildman–Crippen LogP) is 3.84. The molecular formula is C21H22ClN3O3. The number of hydrogen-bond acceptors (Lipinski definition) is 4. The molecule has 0 aliphatic heterocycles. The van der Waals surface area contributed by atoms with E-state index in [9.17, 15) is 4.79 Å². The molecule has 0 unspecified atom stereocenters. The van der Waals surface area contributed by atoms with Gasteiger partial charge in [0.2, 0.25) is 0 Å². The summed E-state index contributed by atoms with van der Waals surface area (Å²) in [7, 11) is 3.17. The van der Waals surface area contributed by atoms with Crippen LogP contribution in [0.2, 0.25) is 5.15 Å². The van der Waals surface area contributed by atoms with Gasteiger partial charge in [-0.2, -0.15) is 5.10 Å². The van der Waals surface area contributed by atoms with Gasteiger partial charge < -0.3 is 14.8 Å². The minimum absolute atomic E-state index is 0.274. The summed E-state index contributed by atoms with van der Waals surface area (Å²) in [4.78, 5) is 12.7. The number of nitrogens with one attached hydrogen (secondary N) is 1. The second kappa shape index (κ2) is 8.80. The summed E-state index contributed by atoms with van der Waals surface area (Å²) in [5.74, 6) is 1.05. The molecule has 7 heteroatoms. The van der Waals surface area contributed by atoms with Crippen molar-refractivity contribution >= 4 is 17.5 Å². The standard InChI is InChI=1S/C21H22ClN3O3/c1-14-19(20(22)25(24-14)13-15-7-5-4-6-8-15)21(26)23-12-16-9-17(27-2)11-18(10-16)28-3/h4-11H,12-13H2,1-3H3,(H,23,26). The van der Waals surface area contributed by atoms with Crippen LogP contribution < -0.4 is 14.8 Å². The van der Waals surface area contributed by atoms with Crippen molar-refractivity contribution < 1.29 is 14.3 Å². The lowest BCUT2D eigenvalue weighted by molar-refractivity contribution is 0.0950. The maximum absolute atomic E-state index is 12.7. The van der Waals surface area contributed by atoms with Crippen molar-refractivity contribution in [2.75, 3.05) is 14.2 Å². The van der Waals surface area contributed by atoms with Crippen molar-refractivity contribution in [2.24, 2.45) is 0 Å². The zero-order chi connectivity index (χ0) is 20.1. The van der Waals surface area contributed by atoms with Gasteiger partial charge in [-0.25, -0.2) is 4.68 Å². The molecule has 1 aromatic heterocycles. The summed E-state index contributed by atoms with van der Waals surface area (Å²) in [6.07, 6.45) is 0. The number of carbonyl (C=O) groups excluding carboxylic acids is 1. The predicted molar refractivity (Wildman–Crippen MR) is 108 cm³/mol. The molecular weight excluding hydrogens is 378 g/mol. The number of nitrogens with zero attached hydrogens (tertiary/aromatic N) is 2. The highest BCUT2D eigenvalue weighted by atomic mass is 35.5. The topological polar surface area (TPSA) is 65.4 Å². The first-order valence-corrected chi connectivity index (χ1v) is 9.16. The molecule has 2 aromatic carbocycles. The monoisotopic (exact) mass is 399 g/mol. The number of halogens is 1. The van der Waals surface area contributed by atoms with Crippen molar-refractivity contribution in [1.82, 2.24) is 15.1 Å². The van der Waals surface area contributed by atoms with Crippen molar-refractivity contribution in [1.29, 1.82) is 0 Å². The fourth-order valence-electron chi connectivity index (χ4n) is 2.91. The Morgan fingerprint density at radius 3 is 2.32 bits per heavy atom. The van der Waals surface area contributed by atoms with Gasteiger partial charge in [0.1, 0.15) is 16.7 Å². The number of hydrogen-bond donors (Lipinski definition) is 1. The lowest BCUT2D eigenvalue weighted by Crippen LogP contribution is -2.23. The quantitative estimate of drug-likeness (QED) is 0.655. The molecule has 1 N–H and O–H groups in total. The van der Waals surface area contributed by atoms with Crippen LogP contribution >= 0.6 is 11.6 Å². The second-order valence-electron chi connectivity index (χ2n) is 6.30. The fraction of sp³-hybridized carbons (Fsp3) is 0.238. The summed E-state index contributed by atoms with van der Waals surface area (Å²) in [6.45, 7) is 2.59. The summed E-state index contributed by atoms with van der Waals surface area (Å²) in [5.41, 5.74) is 2.88. The van der Waals surface area contributed by atoms with E-state index in [4.69, 9.17) is 21.1 Å². The van der Waals surface area contributed by atoms with E-state index >= 15 is 0 Å². The van der Waals surface area contributed by atoms with E-state index in [1.165, 1.54) is 0 Å². The molecule has 0 bridgehead atoms. The van der Waals surface area contributed by atoms with Gasteiger partial charge in [0.25, 0.3) is 5.91 Å². The van der Waals surface area contributed by atoms with E-state index < -0.39 is 0 Å². The number of aromatic nitrogens is 2. The normalized spacial score (nSPS) is 10.6. The summed E-state index contributed by atoms with van der Waals surface area (Å²) >= 11 is 6.45. The Morgan fingerprint density at radius 2 is 1.71 bits per heavy atom. The third kappa shape index (κ3) is 4.46. The average molecular weight is 400 g/mol. The largest absolute Gasteiger partial charge is 0.497 e. The van der Waals surface area contributed by atoms with Gasteiger partial charge in [-0.1, -0.05) is 41.9 Å². The first kappa shape index (κ1) is 19.8. The van der Waals surface area contributed by atoms with E-state index in [0.717, 1.165) is 11.1 Å². The molecule has 0 atom stereocenters. The smallest absolute Gasteiger partial charge is 0.256 e. The maximum Gasteiger partial charge on any atom is 0.256 e. The molecule has 3 rings (SSSR count). The summed E-state index contributed by atoms with van der Waals surface area (Å²) in [6, 6.07) is 15.3. The van der Waals surface area contributed by atoms with Gasteiger partial charge in [-0.05, 0) is 30.2 Å². The summed E-state index contributed by atoms with van der Waals surface area (Å²) < 4.78 is 12.2. The highest BCUT2D eigenvalue weighted by molar-refractivity contribution is 6.33. The number of benzene rings is 2. The highest BCUT2D eigenvalue weighted by Crippen LogP contribution is 2.24. The number of aryl methyl sites for hydroxylation is 1. The SMILES string of the molecule is COc1cc(CNC(=O)c2c(C)nn(Cc3ccccc3)c2Cl)cc(OC)c1. The number of methoxy groups -OCH3 is 2. The number of amides is 1. The van der Waals surface area contributed by atoms with Gasteiger partial charge in [-0.15, -0.1) is 0 Å². The van der Waals surface area contributed by atoms with Crippen LogP contribution in [-0.2, 0) is 13.1 Å². The van der Waals surface area contributed by atoms with Crippen LogP contribution in [0.25, 0.3) is 0 Å². The lowest BCUT2D eigenvalue weighted by Gasteiger charge is -2.10.